The molecule has 0 aliphatic carbocycles. The fourth-order valence-corrected chi connectivity index (χ4v) is 2.94. The molecule has 1 aromatic heterocycles. The predicted molar refractivity (Wildman–Crippen MR) is 63.3 cm³/mol. The standard InChI is InChI=1S/C12H18N4/c1-2-11-8-10(3-7-16(11)6-1)15-12-9-13-4-5-14-12/h4-5,9-11H,1-3,6-8H2,(H,14,15)/t10-,11+/m0/s1. The largest absolute Gasteiger partial charge is 0.366 e. The summed E-state index contributed by atoms with van der Waals surface area (Å²) in [6.45, 7) is 2.55. The lowest BCUT2D eigenvalue weighted by molar-refractivity contribution is 0.188. The number of fused-ring (bicyclic) bond motifs is 1. The van der Waals surface area contributed by atoms with Crippen molar-refractivity contribution in [3.63, 3.8) is 0 Å². The van der Waals surface area contributed by atoms with Gasteiger partial charge in [0.05, 0.1) is 6.20 Å². The molecule has 2 fully saturated rings. The first-order valence-corrected chi connectivity index (χ1v) is 6.18. The maximum Gasteiger partial charge on any atom is 0.144 e. The van der Waals surface area contributed by atoms with Gasteiger partial charge in [-0.1, -0.05) is 0 Å². The second-order valence-corrected chi connectivity index (χ2v) is 4.79. The Balaban J connectivity index is 1.60. The van der Waals surface area contributed by atoms with Gasteiger partial charge in [-0.05, 0) is 32.2 Å². The highest BCUT2D eigenvalue weighted by atomic mass is 15.2. The molecule has 3 rings (SSSR count). The molecule has 0 aromatic carbocycles. The van der Waals surface area contributed by atoms with E-state index in [9.17, 15) is 0 Å². The van der Waals surface area contributed by atoms with E-state index >= 15 is 0 Å². The van der Waals surface area contributed by atoms with Gasteiger partial charge in [0.1, 0.15) is 5.82 Å². The highest BCUT2D eigenvalue weighted by Crippen LogP contribution is 2.27. The van der Waals surface area contributed by atoms with Crippen molar-refractivity contribution in [3.8, 4) is 0 Å². The molecule has 3 heterocycles. The third-order valence-electron chi connectivity index (χ3n) is 3.74. The molecule has 0 bridgehead atoms. The third kappa shape index (κ3) is 2.02. The fraction of sp³-hybridized carbons (Fsp3) is 0.667. The molecule has 0 saturated carbocycles. The first-order valence-electron chi connectivity index (χ1n) is 6.18. The molecule has 0 radical (unpaired) electrons. The molecular formula is C12H18N4. The maximum absolute atomic E-state index is 4.27. The summed E-state index contributed by atoms with van der Waals surface area (Å²) in [6, 6.07) is 1.39. The number of aromatic nitrogens is 2. The van der Waals surface area contributed by atoms with E-state index in [-0.39, 0.29) is 0 Å². The quantitative estimate of drug-likeness (QED) is 0.817. The zero-order chi connectivity index (χ0) is 10.8. The van der Waals surface area contributed by atoms with Gasteiger partial charge in [0.25, 0.3) is 0 Å². The SMILES string of the molecule is c1cnc(N[C@H]2CCN3CCC[C@@H]3C2)cn1. The molecule has 2 atom stereocenters. The van der Waals surface area contributed by atoms with Gasteiger partial charge >= 0.3 is 0 Å². The molecule has 4 heteroatoms. The lowest BCUT2D eigenvalue weighted by Gasteiger charge is -2.35. The molecule has 86 valence electrons. The Hall–Kier alpha value is -1.16. The van der Waals surface area contributed by atoms with Gasteiger partial charge in [-0.2, -0.15) is 0 Å². The van der Waals surface area contributed by atoms with Crippen LogP contribution in [0.4, 0.5) is 5.82 Å². The topological polar surface area (TPSA) is 41.1 Å². The van der Waals surface area contributed by atoms with Crippen LogP contribution in [0.25, 0.3) is 0 Å². The van der Waals surface area contributed by atoms with Crippen molar-refractivity contribution in [1.82, 2.24) is 14.9 Å². The lowest BCUT2D eigenvalue weighted by Crippen LogP contribution is -2.42. The molecule has 0 amide bonds. The van der Waals surface area contributed by atoms with Crippen molar-refractivity contribution < 1.29 is 0 Å². The highest BCUT2D eigenvalue weighted by molar-refractivity contribution is 5.31. The molecule has 4 nitrogen and oxygen atoms in total. The van der Waals surface area contributed by atoms with Crippen LogP contribution in [0.2, 0.25) is 0 Å². The zero-order valence-electron chi connectivity index (χ0n) is 9.47. The zero-order valence-corrected chi connectivity index (χ0v) is 9.47. The summed E-state index contributed by atoms with van der Waals surface area (Å²) < 4.78 is 0. The summed E-state index contributed by atoms with van der Waals surface area (Å²) in [5.41, 5.74) is 0. The van der Waals surface area contributed by atoms with Crippen molar-refractivity contribution in [2.45, 2.75) is 37.8 Å². The third-order valence-corrected chi connectivity index (χ3v) is 3.74. The number of hydrogen-bond donors (Lipinski definition) is 1. The monoisotopic (exact) mass is 218 g/mol. The van der Waals surface area contributed by atoms with Crippen LogP contribution in [0.1, 0.15) is 25.7 Å². The van der Waals surface area contributed by atoms with E-state index in [1.165, 1.54) is 38.8 Å². The Morgan fingerprint density at radius 3 is 3.12 bits per heavy atom. The number of hydrogen-bond acceptors (Lipinski definition) is 4. The number of anilines is 1. The Labute approximate surface area is 96.1 Å². The van der Waals surface area contributed by atoms with E-state index in [0.29, 0.717) is 6.04 Å². The fourth-order valence-electron chi connectivity index (χ4n) is 2.94. The lowest BCUT2D eigenvalue weighted by atomic mass is 9.98. The summed E-state index contributed by atoms with van der Waals surface area (Å²) in [5, 5.41) is 3.49. The molecule has 2 aliphatic heterocycles. The van der Waals surface area contributed by atoms with Gasteiger partial charge in [0.2, 0.25) is 0 Å². The number of piperidine rings is 1. The molecular weight excluding hydrogens is 200 g/mol. The van der Waals surface area contributed by atoms with Crippen molar-refractivity contribution >= 4 is 5.82 Å². The molecule has 16 heavy (non-hydrogen) atoms. The normalized spacial score (nSPS) is 30.0. The van der Waals surface area contributed by atoms with E-state index in [2.05, 4.69) is 20.2 Å². The van der Waals surface area contributed by atoms with Crippen LogP contribution in [-0.2, 0) is 0 Å². The van der Waals surface area contributed by atoms with Crippen LogP contribution < -0.4 is 5.32 Å². The average molecular weight is 218 g/mol. The Morgan fingerprint density at radius 2 is 2.25 bits per heavy atom. The molecule has 1 N–H and O–H groups in total. The van der Waals surface area contributed by atoms with Gasteiger partial charge in [0.15, 0.2) is 0 Å². The summed E-state index contributed by atoms with van der Waals surface area (Å²) in [7, 11) is 0. The molecule has 1 aromatic rings. The number of nitrogens with one attached hydrogen (secondary N) is 1. The van der Waals surface area contributed by atoms with Gasteiger partial charge in [-0.3, -0.25) is 4.98 Å². The van der Waals surface area contributed by atoms with Crippen LogP contribution >= 0.6 is 0 Å². The number of nitrogens with zero attached hydrogens (tertiary/aromatic N) is 3. The van der Waals surface area contributed by atoms with Crippen LogP contribution in [0.3, 0.4) is 0 Å². The Kier molecular flexibility index (Phi) is 2.74. The van der Waals surface area contributed by atoms with E-state index in [1.54, 1.807) is 18.6 Å². The van der Waals surface area contributed by atoms with Crippen molar-refractivity contribution in [3.05, 3.63) is 18.6 Å². The second kappa shape index (κ2) is 4.37. The van der Waals surface area contributed by atoms with Crippen molar-refractivity contribution in [2.24, 2.45) is 0 Å². The van der Waals surface area contributed by atoms with Gasteiger partial charge < -0.3 is 10.2 Å². The minimum Gasteiger partial charge on any atom is -0.366 e. The van der Waals surface area contributed by atoms with Gasteiger partial charge in [0, 0.05) is 31.0 Å². The maximum atomic E-state index is 4.27. The molecule has 0 spiro atoms. The predicted octanol–water partition coefficient (Wildman–Crippen LogP) is 1.52. The van der Waals surface area contributed by atoms with Crippen LogP contribution in [0.15, 0.2) is 18.6 Å². The average Bonchev–Trinajstić information content (AvgIpc) is 2.77. The molecule has 0 unspecified atom stereocenters. The van der Waals surface area contributed by atoms with E-state index in [4.69, 9.17) is 0 Å². The summed E-state index contributed by atoms with van der Waals surface area (Å²) in [5.74, 6) is 0.916. The second-order valence-electron chi connectivity index (χ2n) is 4.79. The van der Waals surface area contributed by atoms with E-state index in [1.807, 2.05) is 0 Å². The Bertz CT molecular complexity index is 340. The van der Waals surface area contributed by atoms with Crippen LogP contribution in [0, 0.1) is 0 Å². The Morgan fingerprint density at radius 1 is 1.25 bits per heavy atom. The smallest absolute Gasteiger partial charge is 0.144 e. The van der Waals surface area contributed by atoms with Crippen molar-refractivity contribution in [2.75, 3.05) is 18.4 Å². The summed E-state index contributed by atoms with van der Waals surface area (Å²) >= 11 is 0. The number of rotatable bonds is 2. The van der Waals surface area contributed by atoms with Crippen LogP contribution in [-0.4, -0.2) is 40.0 Å². The minimum atomic E-state index is 0.580. The van der Waals surface area contributed by atoms with Crippen molar-refractivity contribution in [1.29, 1.82) is 0 Å². The van der Waals surface area contributed by atoms with E-state index < -0.39 is 0 Å². The van der Waals surface area contributed by atoms with Crippen LogP contribution in [0.5, 0.6) is 0 Å². The summed E-state index contributed by atoms with van der Waals surface area (Å²) in [4.78, 5) is 11.0. The van der Waals surface area contributed by atoms with Gasteiger partial charge in [-0.15, -0.1) is 0 Å². The first-order chi connectivity index (χ1) is 7.92. The van der Waals surface area contributed by atoms with Gasteiger partial charge in [-0.25, -0.2) is 4.98 Å². The minimum absolute atomic E-state index is 0.580. The first kappa shape index (κ1) is 10.0. The summed E-state index contributed by atoms with van der Waals surface area (Å²) in [6.07, 6.45) is 10.5. The molecule has 2 aliphatic rings. The highest BCUT2D eigenvalue weighted by Gasteiger charge is 2.31. The molecule has 2 saturated heterocycles. The van der Waals surface area contributed by atoms with E-state index in [0.717, 1.165) is 11.9 Å².